The average Bonchev–Trinajstić information content (AvgIpc) is 2.76. The molecular formula is C26H20S3. The van der Waals surface area contributed by atoms with Crippen molar-refractivity contribution in [3.8, 4) is 0 Å². The summed E-state index contributed by atoms with van der Waals surface area (Å²) in [6.07, 6.45) is 1.98. The molecule has 4 aromatic rings. The van der Waals surface area contributed by atoms with Crippen molar-refractivity contribution in [1.29, 1.82) is 0 Å². The van der Waals surface area contributed by atoms with Crippen molar-refractivity contribution in [2.75, 3.05) is 0 Å². The van der Waals surface area contributed by atoms with Gasteiger partial charge in [0.1, 0.15) is 0 Å². The van der Waals surface area contributed by atoms with Crippen LogP contribution in [0.1, 0.15) is 5.56 Å². The Morgan fingerprint density at radius 3 is 1.24 bits per heavy atom. The van der Waals surface area contributed by atoms with Gasteiger partial charge in [0.05, 0.1) is 0 Å². The van der Waals surface area contributed by atoms with E-state index in [-0.39, 0.29) is 0 Å². The Morgan fingerprint density at radius 1 is 0.483 bits per heavy atom. The maximum absolute atomic E-state index is 4.12. The summed E-state index contributed by atoms with van der Waals surface area (Å²) in [4.78, 5) is 7.39. The molecule has 4 aromatic carbocycles. The highest BCUT2D eigenvalue weighted by Crippen LogP contribution is 2.42. The second-order valence-corrected chi connectivity index (χ2v) is 9.66. The fraction of sp³-hybridized carbons (Fsp3) is 0. The standard InChI is InChI=1S/C26H20S3/c1-2-24-25(28-21-14-8-4-9-15-21)18-23(27-20-12-6-3-7-13-20)19-26(24)29-22-16-10-5-11-17-22/h2-19H,1H2. The summed E-state index contributed by atoms with van der Waals surface area (Å²) in [6.45, 7) is 4.12. The van der Waals surface area contributed by atoms with Crippen LogP contribution in [0, 0.1) is 0 Å². The minimum atomic E-state index is 1.19. The third-order valence-corrected chi connectivity index (χ3v) is 7.31. The van der Waals surface area contributed by atoms with E-state index in [2.05, 4.69) is 110 Å². The molecule has 0 amide bonds. The number of hydrogen-bond donors (Lipinski definition) is 0. The van der Waals surface area contributed by atoms with Gasteiger partial charge in [0.25, 0.3) is 0 Å². The van der Waals surface area contributed by atoms with Gasteiger partial charge in [-0.05, 0) is 48.5 Å². The summed E-state index contributed by atoms with van der Waals surface area (Å²) in [5.41, 5.74) is 1.19. The quantitative estimate of drug-likeness (QED) is 0.289. The Labute approximate surface area is 185 Å². The molecule has 29 heavy (non-hydrogen) atoms. The molecule has 0 atom stereocenters. The van der Waals surface area contributed by atoms with Gasteiger partial charge in [0.2, 0.25) is 0 Å². The first-order chi connectivity index (χ1) is 14.3. The Balaban J connectivity index is 1.75. The summed E-state index contributed by atoms with van der Waals surface area (Å²) in [5, 5.41) is 0. The molecule has 0 radical (unpaired) electrons. The molecule has 0 aliphatic carbocycles. The molecule has 0 aliphatic heterocycles. The molecular weight excluding hydrogens is 408 g/mol. The van der Waals surface area contributed by atoms with E-state index in [0.717, 1.165) is 0 Å². The zero-order valence-corrected chi connectivity index (χ0v) is 18.3. The molecule has 3 heteroatoms. The lowest BCUT2D eigenvalue weighted by molar-refractivity contribution is 1.20. The highest BCUT2D eigenvalue weighted by atomic mass is 32.2. The van der Waals surface area contributed by atoms with E-state index in [0.29, 0.717) is 0 Å². The molecule has 0 N–H and O–H groups in total. The summed E-state index contributed by atoms with van der Waals surface area (Å²) in [7, 11) is 0. The van der Waals surface area contributed by atoms with Crippen LogP contribution >= 0.6 is 35.3 Å². The number of rotatable bonds is 7. The van der Waals surface area contributed by atoms with Gasteiger partial charge in [-0.15, -0.1) is 0 Å². The first-order valence-corrected chi connectivity index (χ1v) is 11.8. The van der Waals surface area contributed by atoms with Crippen molar-refractivity contribution in [2.45, 2.75) is 29.4 Å². The molecule has 0 bridgehead atoms. The monoisotopic (exact) mass is 428 g/mol. The van der Waals surface area contributed by atoms with Gasteiger partial charge in [-0.2, -0.15) is 0 Å². The van der Waals surface area contributed by atoms with Gasteiger partial charge in [-0.25, -0.2) is 0 Å². The Hall–Kier alpha value is -2.33. The molecule has 4 rings (SSSR count). The predicted octanol–water partition coefficient (Wildman–Crippen LogP) is 8.78. The molecule has 0 heterocycles. The minimum Gasteiger partial charge on any atom is -0.0984 e. The van der Waals surface area contributed by atoms with Gasteiger partial charge in [0.15, 0.2) is 0 Å². The van der Waals surface area contributed by atoms with E-state index in [1.807, 2.05) is 6.08 Å². The minimum absolute atomic E-state index is 1.19. The lowest BCUT2D eigenvalue weighted by Crippen LogP contribution is -1.88. The zero-order valence-electron chi connectivity index (χ0n) is 15.8. The summed E-state index contributed by atoms with van der Waals surface area (Å²) in [6, 6.07) is 36.1. The van der Waals surface area contributed by atoms with Crippen molar-refractivity contribution in [2.24, 2.45) is 0 Å². The molecule has 0 unspecified atom stereocenters. The Bertz CT molecular complexity index is 1010. The molecule has 0 nitrogen and oxygen atoms in total. The molecule has 0 aromatic heterocycles. The van der Waals surface area contributed by atoms with E-state index in [1.165, 1.54) is 34.9 Å². The van der Waals surface area contributed by atoms with E-state index in [4.69, 9.17) is 0 Å². The van der Waals surface area contributed by atoms with Crippen LogP contribution in [0.2, 0.25) is 0 Å². The summed E-state index contributed by atoms with van der Waals surface area (Å²) in [5.74, 6) is 0. The van der Waals surface area contributed by atoms with Crippen LogP contribution in [0.4, 0.5) is 0 Å². The fourth-order valence-electron chi connectivity index (χ4n) is 2.86. The van der Waals surface area contributed by atoms with Gasteiger partial charge < -0.3 is 0 Å². The second-order valence-electron chi connectivity index (χ2n) is 6.28. The largest absolute Gasteiger partial charge is 0.0984 e. The van der Waals surface area contributed by atoms with Crippen molar-refractivity contribution in [3.63, 3.8) is 0 Å². The highest BCUT2D eigenvalue weighted by Gasteiger charge is 2.12. The zero-order chi connectivity index (χ0) is 19.9. The maximum Gasteiger partial charge on any atom is 0.0217 e. The van der Waals surface area contributed by atoms with Crippen LogP contribution in [-0.2, 0) is 0 Å². The van der Waals surface area contributed by atoms with Crippen LogP contribution in [-0.4, -0.2) is 0 Å². The number of hydrogen-bond acceptors (Lipinski definition) is 3. The maximum atomic E-state index is 4.12. The van der Waals surface area contributed by atoms with Crippen LogP contribution in [0.3, 0.4) is 0 Å². The third-order valence-electron chi connectivity index (χ3n) is 4.20. The lowest BCUT2D eigenvalue weighted by atomic mass is 10.2. The van der Waals surface area contributed by atoms with Crippen LogP contribution in [0.25, 0.3) is 6.08 Å². The first kappa shape index (κ1) is 20.0. The van der Waals surface area contributed by atoms with Crippen LogP contribution in [0.5, 0.6) is 0 Å². The average molecular weight is 429 g/mol. The number of benzene rings is 4. The Kier molecular flexibility index (Phi) is 6.83. The van der Waals surface area contributed by atoms with E-state index in [1.54, 1.807) is 35.3 Å². The van der Waals surface area contributed by atoms with Crippen LogP contribution in [0.15, 0.2) is 139 Å². The SMILES string of the molecule is C=Cc1c(Sc2ccccc2)cc(Sc2ccccc2)cc1Sc1ccccc1. The van der Waals surface area contributed by atoms with Crippen molar-refractivity contribution < 1.29 is 0 Å². The predicted molar refractivity (Wildman–Crippen MR) is 128 cm³/mol. The molecule has 0 spiro atoms. The van der Waals surface area contributed by atoms with Crippen molar-refractivity contribution in [1.82, 2.24) is 0 Å². The van der Waals surface area contributed by atoms with Gasteiger partial charge >= 0.3 is 0 Å². The van der Waals surface area contributed by atoms with E-state index in [9.17, 15) is 0 Å². The molecule has 142 valence electrons. The molecule has 0 fully saturated rings. The van der Waals surface area contributed by atoms with E-state index >= 15 is 0 Å². The molecule has 0 aliphatic rings. The van der Waals surface area contributed by atoms with Gasteiger partial charge in [-0.3, -0.25) is 0 Å². The first-order valence-electron chi connectivity index (χ1n) is 9.31. The topological polar surface area (TPSA) is 0 Å². The molecule has 0 saturated heterocycles. The van der Waals surface area contributed by atoms with Crippen molar-refractivity contribution in [3.05, 3.63) is 115 Å². The second kappa shape index (κ2) is 9.93. The van der Waals surface area contributed by atoms with Crippen molar-refractivity contribution >= 4 is 41.4 Å². The highest BCUT2D eigenvalue weighted by molar-refractivity contribution is 8.01. The van der Waals surface area contributed by atoms with E-state index < -0.39 is 0 Å². The van der Waals surface area contributed by atoms with Gasteiger partial charge in [0, 0.05) is 34.9 Å². The van der Waals surface area contributed by atoms with Crippen LogP contribution < -0.4 is 0 Å². The Morgan fingerprint density at radius 2 is 0.862 bits per heavy atom. The summed E-state index contributed by atoms with van der Waals surface area (Å²) < 4.78 is 0. The molecule has 0 saturated carbocycles. The van der Waals surface area contributed by atoms with Gasteiger partial charge in [-0.1, -0.05) is 103 Å². The summed E-state index contributed by atoms with van der Waals surface area (Å²) >= 11 is 5.38. The lowest BCUT2D eigenvalue weighted by Gasteiger charge is -2.14. The fourth-order valence-corrected chi connectivity index (χ4v) is 6.07. The third kappa shape index (κ3) is 5.39. The smallest absolute Gasteiger partial charge is 0.0217 e. The normalized spacial score (nSPS) is 10.6.